The van der Waals surface area contributed by atoms with Crippen molar-refractivity contribution in [3.8, 4) is 11.4 Å². The van der Waals surface area contributed by atoms with Gasteiger partial charge in [-0.2, -0.15) is 0 Å². The lowest BCUT2D eigenvalue weighted by molar-refractivity contribution is -0.134. The third-order valence-corrected chi connectivity index (χ3v) is 6.80. The fourth-order valence-electron chi connectivity index (χ4n) is 4.13. The number of piperidine rings is 1. The zero-order valence-corrected chi connectivity index (χ0v) is 19.4. The molecule has 158 valence electrons. The van der Waals surface area contributed by atoms with Crippen LogP contribution in [0, 0.1) is 0 Å². The molecule has 1 aromatic carbocycles. The molecule has 1 aromatic heterocycles. The summed E-state index contributed by atoms with van der Waals surface area (Å²) < 4.78 is 2.10. The number of carbonyl (C=O) groups is 1. The molecule has 0 radical (unpaired) electrons. The van der Waals surface area contributed by atoms with Crippen molar-refractivity contribution in [2.45, 2.75) is 90.0 Å². The Morgan fingerprint density at radius 3 is 2.28 bits per heavy atom. The number of amides is 1. The number of benzene rings is 1. The van der Waals surface area contributed by atoms with Gasteiger partial charge in [0.15, 0.2) is 11.0 Å². The molecule has 1 aliphatic rings. The van der Waals surface area contributed by atoms with Crippen LogP contribution in [0.4, 0.5) is 0 Å². The number of carbonyl (C=O) groups excluding carboxylic acids is 1. The Hall–Kier alpha value is -1.82. The summed E-state index contributed by atoms with van der Waals surface area (Å²) in [6.45, 7) is 13.8. The normalized spacial score (nSPS) is 20.1. The second-order valence-electron chi connectivity index (χ2n) is 9.10. The summed E-state index contributed by atoms with van der Waals surface area (Å²) in [6.07, 6.45) is 3.40. The van der Waals surface area contributed by atoms with Crippen molar-refractivity contribution in [1.29, 1.82) is 0 Å². The molecule has 0 bridgehead atoms. The number of likely N-dealkylation sites (tertiary alicyclic amines) is 1. The summed E-state index contributed by atoms with van der Waals surface area (Å²) in [5.41, 5.74) is 2.48. The number of thioether (sulfide) groups is 1. The third kappa shape index (κ3) is 4.85. The zero-order valence-electron chi connectivity index (χ0n) is 18.6. The maximum absolute atomic E-state index is 12.8. The zero-order chi connectivity index (χ0) is 21.2. The van der Waals surface area contributed by atoms with Crippen molar-refractivity contribution < 1.29 is 4.79 Å². The Bertz CT molecular complexity index is 828. The second-order valence-corrected chi connectivity index (χ2v) is 10.0. The van der Waals surface area contributed by atoms with E-state index >= 15 is 0 Å². The molecule has 3 rings (SSSR count). The number of rotatable bonds is 5. The second kappa shape index (κ2) is 8.90. The predicted octanol–water partition coefficient (Wildman–Crippen LogP) is 5.14. The molecule has 0 spiro atoms. The molecule has 2 aromatic rings. The first-order valence-corrected chi connectivity index (χ1v) is 11.7. The van der Waals surface area contributed by atoms with Gasteiger partial charge in [0.25, 0.3) is 0 Å². The minimum Gasteiger partial charge on any atom is -0.337 e. The van der Waals surface area contributed by atoms with Crippen molar-refractivity contribution in [2.75, 3.05) is 5.75 Å². The topological polar surface area (TPSA) is 51.0 Å². The van der Waals surface area contributed by atoms with E-state index in [1.807, 2.05) is 0 Å². The first-order chi connectivity index (χ1) is 13.7. The van der Waals surface area contributed by atoms with Crippen LogP contribution < -0.4 is 0 Å². The molecule has 1 amide bonds. The van der Waals surface area contributed by atoms with Gasteiger partial charge in [0.1, 0.15) is 0 Å². The predicted molar refractivity (Wildman–Crippen MR) is 120 cm³/mol. The maximum atomic E-state index is 12.8. The van der Waals surface area contributed by atoms with E-state index in [1.54, 1.807) is 0 Å². The molecule has 5 nitrogen and oxygen atoms in total. The minimum atomic E-state index is 0.126. The Morgan fingerprint density at radius 2 is 1.72 bits per heavy atom. The van der Waals surface area contributed by atoms with E-state index in [2.05, 4.69) is 85.5 Å². The van der Waals surface area contributed by atoms with Gasteiger partial charge in [-0.15, -0.1) is 10.2 Å². The highest BCUT2D eigenvalue weighted by atomic mass is 32.2. The van der Waals surface area contributed by atoms with E-state index in [1.165, 1.54) is 23.7 Å². The summed E-state index contributed by atoms with van der Waals surface area (Å²) in [5.74, 6) is 1.48. The molecule has 0 saturated carbocycles. The monoisotopic (exact) mass is 414 g/mol. The molecule has 1 fully saturated rings. The van der Waals surface area contributed by atoms with Crippen LogP contribution in [0.15, 0.2) is 29.4 Å². The Balaban J connectivity index is 1.73. The number of aromatic nitrogens is 3. The third-order valence-electron chi connectivity index (χ3n) is 5.85. The van der Waals surface area contributed by atoms with Gasteiger partial charge in [-0.05, 0) is 51.0 Å². The highest BCUT2D eigenvalue weighted by Crippen LogP contribution is 2.29. The Kier molecular flexibility index (Phi) is 6.72. The number of nitrogens with zero attached hydrogens (tertiary/aromatic N) is 4. The van der Waals surface area contributed by atoms with Gasteiger partial charge < -0.3 is 9.47 Å². The molecule has 0 aliphatic carbocycles. The molecule has 2 unspecified atom stereocenters. The summed E-state index contributed by atoms with van der Waals surface area (Å²) in [5, 5.41) is 9.64. The van der Waals surface area contributed by atoms with E-state index in [-0.39, 0.29) is 11.3 Å². The Morgan fingerprint density at radius 1 is 1.10 bits per heavy atom. The largest absolute Gasteiger partial charge is 0.337 e. The van der Waals surface area contributed by atoms with Crippen molar-refractivity contribution in [3.63, 3.8) is 0 Å². The van der Waals surface area contributed by atoms with E-state index in [4.69, 9.17) is 0 Å². The van der Waals surface area contributed by atoms with Crippen molar-refractivity contribution in [2.24, 2.45) is 0 Å². The average Bonchev–Trinajstić information content (AvgIpc) is 3.08. The van der Waals surface area contributed by atoms with Crippen LogP contribution in [-0.2, 0) is 16.8 Å². The summed E-state index contributed by atoms with van der Waals surface area (Å²) in [7, 11) is 0. The molecule has 2 atom stereocenters. The van der Waals surface area contributed by atoms with Crippen molar-refractivity contribution in [1.82, 2.24) is 19.7 Å². The van der Waals surface area contributed by atoms with E-state index in [0.717, 1.165) is 35.9 Å². The van der Waals surface area contributed by atoms with Crippen LogP contribution in [0.3, 0.4) is 0 Å². The quantitative estimate of drug-likeness (QED) is 0.635. The van der Waals surface area contributed by atoms with Crippen molar-refractivity contribution >= 4 is 17.7 Å². The van der Waals surface area contributed by atoms with Crippen LogP contribution in [0.25, 0.3) is 11.4 Å². The maximum Gasteiger partial charge on any atom is 0.233 e. The Labute approximate surface area is 179 Å². The molecule has 1 aliphatic heterocycles. The highest BCUT2D eigenvalue weighted by molar-refractivity contribution is 7.99. The van der Waals surface area contributed by atoms with Crippen LogP contribution in [0.2, 0.25) is 0 Å². The van der Waals surface area contributed by atoms with Crippen molar-refractivity contribution in [3.05, 3.63) is 29.8 Å². The number of hydrogen-bond donors (Lipinski definition) is 0. The molecular formula is C23H34N4OS. The first kappa shape index (κ1) is 21.9. The van der Waals surface area contributed by atoms with Gasteiger partial charge >= 0.3 is 0 Å². The van der Waals surface area contributed by atoms with Crippen LogP contribution in [0.5, 0.6) is 0 Å². The van der Waals surface area contributed by atoms with Crippen LogP contribution >= 0.6 is 11.8 Å². The molecule has 0 N–H and O–H groups in total. The minimum absolute atomic E-state index is 0.126. The molecule has 6 heteroatoms. The lowest BCUT2D eigenvalue weighted by Crippen LogP contribution is -2.48. The van der Waals surface area contributed by atoms with Gasteiger partial charge in [0, 0.05) is 24.2 Å². The SMILES string of the molecule is CCn1c(SCC(=O)N2C(C)CCCC2C)nnc1-c1ccc(C(C)(C)C)cc1. The molecule has 1 saturated heterocycles. The molecule has 2 heterocycles. The first-order valence-electron chi connectivity index (χ1n) is 10.7. The fourth-order valence-corrected chi connectivity index (χ4v) is 5.00. The fraction of sp³-hybridized carbons (Fsp3) is 0.609. The smallest absolute Gasteiger partial charge is 0.233 e. The molecule has 29 heavy (non-hydrogen) atoms. The van der Waals surface area contributed by atoms with Gasteiger partial charge in [-0.1, -0.05) is 56.8 Å². The van der Waals surface area contributed by atoms with E-state index in [0.29, 0.717) is 17.8 Å². The molecular weight excluding hydrogens is 380 g/mol. The summed E-state index contributed by atoms with van der Waals surface area (Å²) in [4.78, 5) is 14.9. The average molecular weight is 415 g/mol. The van der Waals surface area contributed by atoms with E-state index < -0.39 is 0 Å². The van der Waals surface area contributed by atoms with Gasteiger partial charge in [0.2, 0.25) is 5.91 Å². The summed E-state index contributed by atoms with van der Waals surface area (Å²) >= 11 is 1.50. The van der Waals surface area contributed by atoms with Gasteiger partial charge in [-0.3, -0.25) is 4.79 Å². The van der Waals surface area contributed by atoms with Crippen LogP contribution in [0.1, 0.15) is 66.4 Å². The van der Waals surface area contributed by atoms with E-state index in [9.17, 15) is 4.79 Å². The lowest BCUT2D eigenvalue weighted by Gasteiger charge is -2.39. The van der Waals surface area contributed by atoms with Gasteiger partial charge in [0.05, 0.1) is 5.75 Å². The van der Waals surface area contributed by atoms with Crippen LogP contribution in [-0.4, -0.2) is 43.4 Å². The lowest BCUT2D eigenvalue weighted by atomic mass is 9.87. The number of hydrogen-bond acceptors (Lipinski definition) is 4. The highest BCUT2D eigenvalue weighted by Gasteiger charge is 2.29. The summed E-state index contributed by atoms with van der Waals surface area (Å²) in [6, 6.07) is 9.22. The standard InChI is InChI=1S/C23H34N4OS/c1-7-26-21(18-11-13-19(14-12-18)23(4,5)6)24-25-22(26)29-15-20(28)27-16(2)9-8-10-17(27)3/h11-14,16-17H,7-10,15H2,1-6H3. The van der Waals surface area contributed by atoms with Gasteiger partial charge in [-0.25, -0.2) is 0 Å².